The fourth-order valence-corrected chi connectivity index (χ4v) is 8.92. The topological polar surface area (TPSA) is 48.0 Å². The minimum Gasteiger partial charge on any atom is -0.309 e. The highest BCUT2D eigenvalue weighted by molar-refractivity contribution is 6.23. The molecule has 0 spiro atoms. The molecule has 5 heteroatoms. The summed E-state index contributed by atoms with van der Waals surface area (Å²) in [6.07, 6.45) is 1.86. The van der Waals surface area contributed by atoms with Crippen LogP contribution in [-0.2, 0) is 0 Å². The number of para-hydroxylation sites is 1. The lowest BCUT2D eigenvalue weighted by Crippen LogP contribution is -1.98. The Morgan fingerprint density at radius 2 is 0.966 bits per heavy atom. The number of hydrogen-bond acceptors (Lipinski definition) is 3. The van der Waals surface area contributed by atoms with Gasteiger partial charge in [0.2, 0.25) is 0 Å². The molecule has 270 valence electrons. The normalized spacial score (nSPS) is 11.8. The lowest BCUT2D eigenvalue weighted by atomic mass is 10.1. The van der Waals surface area contributed by atoms with Crippen molar-refractivity contribution in [1.82, 2.24) is 23.9 Å². The Hall–Kier alpha value is -7.89. The molecule has 0 saturated heterocycles. The van der Waals surface area contributed by atoms with Gasteiger partial charge in [0.05, 0.1) is 44.7 Å². The molecule has 12 rings (SSSR count). The van der Waals surface area contributed by atoms with Crippen molar-refractivity contribution in [3.63, 3.8) is 0 Å². The molecule has 0 bridgehead atoms. The van der Waals surface area contributed by atoms with E-state index < -0.39 is 0 Å². The summed E-state index contributed by atoms with van der Waals surface area (Å²) >= 11 is 0. The predicted octanol–water partition coefficient (Wildman–Crippen LogP) is 13.3. The Morgan fingerprint density at radius 1 is 0.328 bits per heavy atom. The summed E-state index contributed by atoms with van der Waals surface area (Å²) in [5.74, 6) is 0.679. The van der Waals surface area contributed by atoms with Gasteiger partial charge in [0, 0.05) is 61.1 Å². The zero-order chi connectivity index (χ0) is 38.2. The average molecular weight is 740 g/mol. The molecular formula is C53H33N5. The van der Waals surface area contributed by atoms with Crippen LogP contribution in [0.2, 0.25) is 0 Å². The monoisotopic (exact) mass is 739 g/mol. The number of rotatable bonds is 5. The predicted molar refractivity (Wildman–Crippen MR) is 239 cm³/mol. The van der Waals surface area contributed by atoms with Crippen molar-refractivity contribution in [2.75, 3.05) is 0 Å². The van der Waals surface area contributed by atoms with Crippen LogP contribution in [0.25, 0.3) is 111 Å². The van der Waals surface area contributed by atoms with Gasteiger partial charge in [0.25, 0.3) is 0 Å². The highest BCUT2D eigenvalue weighted by atomic mass is 15.0. The second-order valence-corrected chi connectivity index (χ2v) is 14.8. The van der Waals surface area contributed by atoms with Crippen LogP contribution in [0.4, 0.5) is 0 Å². The summed E-state index contributed by atoms with van der Waals surface area (Å²) in [6, 6.07) is 68.8. The third-order valence-electron chi connectivity index (χ3n) is 11.5. The molecule has 0 aliphatic rings. The molecule has 0 saturated carbocycles. The summed E-state index contributed by atoms with van der Waals surface area (Å²) < 4.78 is 4.87. The van der Waals surface area contributed by atoms with Crippen LogP contribution in [0.15, 0.2) is 200 Å². The molecular weight excluding hydrogens is 707 g/mol. The Labute approximate surface area is 333 Å². The van der Waals surface area contributed by atoms with Crippen LogP contribution in [-0.4, -0.2) is 23.9 Å². The quantitative estimate of drug-likeness (QED) is 0.165. The zero-order valence-electron chi connectivity index (χ0n) is 31.3. The van der Waals surface area contributed by atoms with Crippen LogP contribution in [0.3, 0.4) is 0 Å². The molecule has 0 fully saturated rings. The molecule has 5 nitrogen and oxygen atoms in total. The molecule has 58 heavy (non-hydrogen) atoms. The molecule has 0 amide bonds. The Bertz CT molecular complexity index is 3490. The second kappa shape index (κ2) is 12.8. The van der Waals surface area contributed by atoms with E-state index in [1.807, 2.05) is 30.5 Å². The van der Waals surface area contributed by atoms with E-state index in [2.05, 4.69) is 179 Å². The van der Waals surface area contributed by atoms with Crippen LogP contribution in [0.1, 0.15) is 0 Å². The summed E-state index contributed by atoms with van der Waals surface area (Å²) in [5.41, 5.74) is 13.7. The van der Waals surface area contributed by atoms with Crippen LogP contribution in [0.5, 0.6) is 0 Å². The lowest BCUT2D eigenvalue weighted by Gasteiger charge is -2.13. The maximum absolute atomic E-state index is 5.20. The van der Waals surface area contributed by atoms with E-state index in [-0.39, 0.29) is 0 Å². The van der Waals surface area contributed by atoms with Gasteiger partial charge >= 0.3 is 0 Å². The fourth-order valence-electron chi connectivity index (χ4n) is 8.92. The number of aromatic nitrogens is 5. The Morgan fingerprint density at radius 3 is 1.71 bits per heavy atom. The standard InChI is InChI=1S/C53H33N5/c1-3-14-34(15-4-1)46-33-47(35-16-5-2-6-17-35)56-53(55-46)37-18-13-19-38(30-37)57-49-27-25-36(45-23-11-12-29-54-45)31-43(49)42-26-28-50-44(52(42)57)32-51-41-22-8-7-20-39(41)40-21-9-10-24-48(40)58(50)51/h1-33H. The van der Waals surface area contributed by atoms with E-state index in [4.69, 9.17) is 15.0 Å². The van der Waals surface area contributed by atoms with E-state index in [1.54, 1.807) is 0 Å². The third-order valence-corrected chi connectivity index (χ3v) is 11.5. The van der Waals surface area contributed by atoms with E-state index in [1.165, 1.54) is 48.9 Å². The molecule has 0 atom stereocenters. The first kappa shape index (κ1) is 32.4. The van der Waals surface area contributed by atoms with Gasteiger partial charge in [-0.1, -0.05) is 133 Å². The molecule has 5 aromatic heterocycles. The first-order chi connectivity index (χ1) is 28.8. The van der Waals surface area contributed by atoms with E-state index in [0.717, 1.165) is 56.1 Å². The van der Waals surface area contributed by atoms with Gasteiger partial charge in [-0.2, -0.15) is 0 Å². The van der Waals surface area contributed by atoms with Crippen molar-refractivity contribution in [2.24, 2.45) is 0 Å². The van der Waals surface area contributed by atoms with E-state index in [0.29, 0.717) is 5.82 Å². The molecule has 7 aromatic carbocycles. The van der Waals surface area contributed by atoms with Crippen molar-refractivity contribution < 1.29 is 0 Å². The lowest BCUT2D eigenvalue weighted by molar-refractivity contribution is 1.16. The fraction of sp³-hybridized carbons (Fsp3) is 0. The minimum absolute atomic E-state index is 0.679. The third kappa shape index (κ3) is 5.00. The van der Waals surface area contributed by atoms with Crippen LogP contribution < -0.4 is 0 Å². The SMILES string of the molecule is c1ccc(-c2cc(-c3ccccc3)nc(-c3cccc(-n4c5ccc(-c6ccccn6)cc5c5ccc6c(cc7c8ccccc8c8ccccc8n76)c54)c3)n2)cc1. The van der Waals surface area contributed by atoms with Crippen molar-refractivity contribution >= 4 is 59.9 Å². The van der Waals surface area contributed by atoms with Crippen molar-refractivity contribution in [1.29, 1.82) is 0 Å². The van der Waals surface area contributed by atoms with Gasteiger partial charge in [-0.3, -0.25) is 4.98 Å². The largest absolute Gasteiger partial charge is 0.309 e. The Kier molecular flexibility index (Phi) is 7.16. The first-order valence-electron chi connectivity index (χ1n) is 19.6. The van der Waals surface area contributed by atoms with E-state index >= 15 is 0 Å². The number of benzene rings is 7. The highest BCUT2D eigenvalue weighted by Gasteiger charge is 2.21. The zero-order valence-corrected chi connectivity index (χ0v) is 31.3. The van der Waals surface area contributed by atoms with Gasteiger partial charge < -0.3 is 8.97 Å². The number of pyridine rings is 2. The van der Waals surface area contributed by atoms with Crippen molar-refractivity contribution in [3.05, 3.63) is 200 Å². The van der Waals surface area contributed by atoms with Gasteiger partial charge in [-0.05, 0) is 66.0 Å². The van der Waals surface area contributed by atoms with Gasteiger partial charge in [0.1, 0.15) is 0 Å². The van der Waals surface area contributed by atoms with Crippen molar-refractivity contribution in [3.8, 4) is 50.8 Å². The maximum atomic E-state index is 5.20. The number of hydrogen-bond donors (Lipinski definition) is 0. The highest BCUT2D eigenvalue weighted by Crippen LogP contribution is 2.42. The molecule has 0 aliphatic carbocycles. The molecule has 0 radical (unpaired) electrons. The number of fused-ring (bicyclic) bond motifs is 12. The molecule has 5 heterocycles. The molecule has 0 N–H and O–H groups in total. The average Bonchev–Trinajstić information content (AvgIpc) is 3.86. The summed E-state index contributed by atoms with van der Waals surface area (Å²) in [6.45, 7) is 0. The van der Waals surface area contributed by atoms with Crippen molar-refractivity contribution in [2.45, 2.75) is 0 Å². The van der Waals surface area contributed by atoms with E-state index in [9.17, 15) is 0 Å². The summed E-state index contributed by atoms with van der Waals surface area (Å²) in [5, 5.41) is 7.27. The Balaban J connectivity index is 1.16. The number of nitrogens with zero attached hydrogens (tertiary/aromatic N) is 5. The van der Waals surface area contributed by atoms with Crippen LogP contribution in [0, 0.1) is 0 Å². The van der Waals surface area contributed by atoms with Gasteiger partial charge in [0.15, 0.2) is 5.82 Å². The second-order valence-electron chi connectivity index (χ2n) is 14.8. The summed E-state index contributed by atoms with van der Waals surface area (Å²) in [7, 11) is 0. The van der Waals surface area contributed by atoms with Crippen LogP contribution >= 0.6 is 0 Å². The van der Waals surface area contributed by atoms with Gasteiger partial charge in [-0.25, -0.2) is 9.97 Å². The van der Waals surface area contributed by atoms with Gasteiger partial charge in [-0.15, -0.1) is 0 Å². The summed E-state index contributed by atoms with van der Waals surface area (Å²) in [4.78, 5) is 15.1. The molecule has 0 unspecified atom stereocenters. The first-order valence-corrected chi connectivity index (χ1v) is 19.6. The maximum Gasteiger partial charge on any atom is 0.160 e. The minimum atomic E-state index is 0.679. The molecule has 12 aromatic rings. The molecule has 0 aliphatic heterocycles. The smallest absolute Gasteiger partial charge is 0.160 e.